The third kappa shape index (κ3) is 5.88. The number of aliphatic hydroxyl groups excluding tert-OH is 1. The van der Waals surface area contributed by atoms with Crippen LogP contribution in [-0.4, -0.2) is 39.9 Å². The summed E-state index contributed by atoms with van der Waals surface area (Å²) < 4.78 is 11.9. The zero-order valence-electron chi connectivity index (χ0n) is 22.3. The fourth-order valence-electron chi connectivity index (χ4n) is 4.43. The van der Waals surface area contributed by atoms with Gasteiger partial charge in [-0.05, 0) is 61.6 Å². The molecule has 1 N–H and O–H groups in total. The number of aliphatic hydroxyl groups is 1. The van der Waals surface area contributed by atoms with Gasteiger partial charge in [0.25, 0.3) is 11.7 Å². The number of hydrogen-bond acceptors (Lipinski definition) is 6. The quantitative estimate of drug-likeness (QED) is 0.208. The third-order valence-corrected chi connectivity index (χ3v) is 6.50. The van der Waals surface area contributed by atoms with E-state index in [0.717, 1.165) is 17.5 Å². The number of aryl methyl sites for hydroxylation is 1. The zero-order chi connectivity index (χ0) is 27.2. The Labute approximate surface area is 223 Å². The molecule has 1 aliphatic rings. The summed E-state index contributed by atoms with van der Waals surface area (Å²) in [4.78, 5) is 32.2. The molecule has 198 valence electrons. The third-order valence-electron chi connectivity index (χ3n) is 6.50. The van der Waals surface area contributed by atoms with Crippen molar-refractivity contribution in [3.05, 3.63) is 94.8 Å². The van der Waals surface area contributed by atoms with Crippen LogP contribution in [0.3, 0.4) is 0 Å². The van der Waals surface area contributed by atoms with Crippen LogP contribution in [0.2, 0.25) is 0 Å². The van der Waals surface area contributed by atoms with Gasteiger partial charge >= 0.3 is 0 Å². The van der Waals surface area contributed by atoms with Crippen molar-refractivity contribution < 1.29 is 24.2 Å². The van der Waals surface area contributed by atoms with Crippen molar-refractivity contribution in [1.29, 1.82) is 0 Å². The molecular weight excluding hydrogens is 480 g/mol. The predicted molar refractivity (Wildman–Crippen MR) is 146 cm³/mol. The van der Waals surface area contributed by atoms with Crippen molar-refractivity contribution in [2.75, 3.05) is 13.2 Å². The standard InChI is InChI=1S/C31H34N2O5/c1-5-37-26-18-24(10-11-25(26)38-17-14-20(2)3)28-27(29(34)23-8-6-21(4)7-9-23)30(35)31(36)33(28)19-22-12-15-32-16-13-22/h6-13,15-16,18,20,28,34H,5,14,17,19H2,1-4H3/b29-27+. The van der Waals surface area contributed by atoms with Crippen LogP contribution < -0.4 is 9.47 Å². The molecule has 3 aromatic rings. The van der Waals surface area contributed by atoms with Crippen molar-refractivity contribution in [2.24, 2.45) is 5.92 Å². The average Bonchev–Trinajstić information content (AvgIpc) is 3.15. The Bertz CT molecular complexity index is 1320. The summed E-state index contributed by atoms with van der Waals surface area (Å²) >= 11 is 0. The lowest BCUT2D eigenvalue weighted by molar-refractivity contribution is -0.140. The highest BCUT2D eigenvalue weighted by Crippen LogP contribution is 2.42. The Morgan fingerprint density at radius 2 is 1.71 bits per heavy atom. The first-order valence-electron chi connectivity index (χ1n) is 12.9. The average molecular weight is 515 g/mol. The Balaban J connectivity index is 1.81. The summed E-state index contributed by atoms with van der Waals surface area (Å²) in [5.41, 5.74) is 3.00. The second-order valence-corrected chi connectivity index (χ2v) is 9.82. The largest absolute Gasteiger partial charge is 0.507 e. The van der Waals surface area contributed by atoms with Gasteiger partial charge in [-0.25, -0.2) is 0 Å². The highest BCUT2D eigenvalue weighted by Gasteiger charge is 2.46. The molecule has 2 heterocycles. The van der Waals surface area contributed by atoms with E-state index in [1.54, 1.807) is 48.8 Å². The highest BCUT2D eigenvalue weighted by atomic mass is 16.5. The van der Waals surface area contributed by atoms with Crippen molar-refractivity contribution in [2.45, 2.75) is 46.7 Å². The molecule has 0 radical (unpaired) electrons. The van der Waals surface area contributed by atoms with Crippen LogP contribution in [0, 0.1) is 12.8 Å². The van der Waals surface area contributed by atoms with E-state index in [2.05, 4.69) is 18.8 Å². The smallest absolute Gasteiger partial charge is 0.295 e. The van der Waals surface area contributed by atoms with E-state index in [1.807, 2.05) is 32.0 Å². The molecule has 4 rings (SSSR count). The molecule has 0 aliphatic carbocycles. The first kappa shape index (κ1) is 26.9. The van der Waals surface area contributed by atoms with Gasteiger partial charge in [-0.2, -0.15) is 0 Å². The van der Waals surface area contributed by atoms with Crippen LogP contribution >= 0.6 is 0 Å². The molecule has 1 unspecified atom stereocenters. The van der Waals surface area contributed by atoms with E-state index >= 15 is 0 Å². The topological polar surface area (TPSA) is 89.0 Å². The minimum absolute atomic E-state index is 0.0452. The first-order chi connectivity index (χ1) is 18.3. The van der Waals surface area contributed by atoms with Crippen LogP contribution in [0.15, 0.2) is 72.6 Å². The molecule has 7 heteroatoms. The van der Waals surface area contributed by atoms with Crippen LogP contribution in [-0.2, 0) is 16.1 Å². The lowest BCUT2D eigenvalue weighted by Crippen LogP contribution is -2.29. The maximum Gasteiger partial charge on any atom is 0.295 e. The predicted octanol–water partition coefficient (Wildman–Crippen LogP) is 5.84. The van der Waals surface area contributed by atoms with Gasteiger partial charge in [-0.15, -0.1) is 0 Å². The number of amides is 1. The Kier molecular flexibility index (Phi) is 8.46. The Morgan fingerprint density at radius 1 is 1.00 bits per heavy atom. The fraction of sp³-hybridized carbons (Fsp3) is 0.323. The van der Waals surface area contributed by atoms with E-state index in [0.29, 0.717) is 41.8 Å². The van der Waals surface area contributed by atoms with Gasteiger partial charge in [-0.3, -0.25) is 14.6 Å². The summed E-state index contributed by atoms with van der Waals surface area (Å²) in [5, 5.41) is 11.3. The van der Waals surface area contributed by atoms with Gasteiger partial charge < -0.3 is 19.5 Å². The highest BCUT2D eigenvalue weighted by molar-refractivity contribution is 6.46. The van der Waals surface area contributed by atoms with Crippen LogP contribution in [0.4, 0.5) is 0 Å². The van der Waals surface area contributed by atoms with Gasteiger partial charge in [-0.1, -0.05) is 49.7 Å². The lowest BCUT2D eigenvalue weighted by Gasteiger charge is -2.26. The van der Waals surface area contributed by atoms with E-state index in [4.69, 9.17) is 9.47 Å². The molecule has 0 bridgehead atoms. The van der Waals surface area contributed by atoms with E-state index in [9.17, 15) is 14.7 Å². The Morgan fingerprint density at radius 3 is 2.37 bits per heavy atom. The number of ether oxygens (including phenoxy) is 2. The monoisotopic (exact) mass is 514 g/mol. The van der Waals surface area contributed by atoms with Gasteiger partial charge in [0.15, 0.2) is 11.5 Å². The second kappa shape index (κ2) is 11.9. The SMILES string of the molecule is CCOc1cc(C2/C(=C(\O)c3ccc(C)cc3)C(=O)C(=O)N2Cc2ccncc2)ccc1OCCC(C)C. The van der Waals surface area contributed by atoms with Crippen molar-refractivity contribution in [3.8, 4) is 11.5 Å². The molecular formula is C31H34N2O5. The van der Waals surface area contributed by atoms with Gasteiger partial charge in [0, 0.05) is 24.5 Å². The number of Topliss-reactive ketones (excluding diaryl/α,β-unsaturated/α-hetero) is 1. The summed E-state index contributed by atoms with van der Waals surface area (Å²) in [5.74, 6) is 0.0211. The Hall–Kier alpha value is -4.13. The fourth-order valence-corrected chi connectivity index (χ4v) is 4.43. The number of carbonyl (C=O) groups excluding carboxylic acids is 2. The molecule has 2 aromatic carbocycles. The maximum absolute atomic E-state index is 13.4. The van der Waals surface area contributed by atoms with Gasteiger partial charge in [0.2, 0.25) is 0 Å². The van der Waals surface area contributed by atoms with Crippen molar-refractivity contribution in [3.63, 3.8) is 0 Å². The number of hydrogen-bond donors (Lipinski definition) is 1. The molecule has 38 heavy (non-hydrogen) atoms. The maximum atomic E-state index is 13.4. The number of ketones is 1. The molecule has 1 aliphatic heterocycles. The minimum Gasteiger partial charge on any atom is -0.507 e. The number of nitrogens with zero attached hydrogens (tertiary/aromatic N) is 2. The normalized spacial score (nSPS) is 16.8. The number of pyridine rings is 1. The summed E-state index contributed by atoms with van der Waals surface area (Å²) in [6.45, 7) is 9.25. The summed E-state index contributed by atoms with van der Waals surface area (Å²) in [7, 11) is 0. The van der Waals surface area contributed by atoms with Crippen molar-refractivity contribution in [1.82, 2.24) is 9.88 Å². The number of rotatable bonds is 10. The lowest BCUT2D eigenvalue weighted by atomic mass is 9.94. The van der Waals surface area contributed by atoms with E-state index in [-0.39, 0.29) is 17.9 Å². The van der Waals surface area contributed by atoms with Crippen LogP contribution in [0.5, 0.6) is 11.5 Å². The first-order valence-corrected chi connectivity index (χ1v) is 12.9. The molecule has 0 spiro atoms. The number of likely N-dealkylation sites (tertiary alicyclic amines) is 1. The van der Waals surface area contributed by atoms with Crippen molar-refractivity contribution >= 4 is 17.4 Å². The molecule has 1 atom stereocenters. The van der Waals surface area contributed by atoms with Gasteiger partial charge in [0.1, 0.15) is 5.76 Å². The summed E-state index contributed by atoms with van der Waals surface area (Å²) in [6.07, 6.45) is 4.18. The van der Waals surface area contributed by atoms with Crippen LogP contribution in [0.1, 0.15) is 55.5 Å². The minimum atomic E-state index is -0.812. The molecule has 1 fully saturated rings. The van der Waals surface area contributed by atoms with Gasteiger partial charge in [0.05, 0.1) is 24.8 Å². The molecule has 0 saturated carbocycles. The summed E-state index contributed by atoms with van der Waals surface area (Å²) in [6, 6.07) is 15.4. The van der Waals surface area contributed by atoms with E-state index < -0.39 is 17.7 Å². The molecule has 1 saturated heterocycles. The molecule has 1 aromatic heterocycles. The van der Waals surface area contributed by atoms with Crippen LogP contribution in [0.25, 0.3) is 5.76 Å². The number of carbonyl (C=O) groups is 2. The molecule has 7 nitrogen and oxygen atoms in total. The zero-order valence-corrected chi connectivity index (χ0v) is 22.3. The van der Waals surface area contributed by atoms with E-state index in [1.165, 1.54) is 4.90 Å². The number of aromatic nitrogens is 1. The second-order valence-electron chi connectivity index (χ2n) is 9.82. The number of benzene rings is 2. The molecule has 1 amide bonds.